The van der Waals surface area contributed by atoms with E-state index in [1.165, 1.54) is 19.9 Å². The van der Waals surface area contributed by atoms with Crippen LogP contribution in [0.15, 0.2) is 48.0 Å². The van der Waals surface area contributed by atoms with Gasteiger partial charge in [0.25, 0.3) is 5.79 Å². The first-order valence-electron chi connectivity index (χ1n) is 7.48. The summed E-state index contributed by atoms with van der Waals surface area (Å²) in [4.78, 5) is 23.9. The van der Waals surface area contributed by atoms with Crippen LogP contribution in [-0.4, -0.2) is 17.7 Å². The maximum Gasteiger partial charge on any atom is 0.348 e. The number of esters is 2. The van der Waals surface area contributed by atoms with Crippen molar-refractivity contribution in [2.45, 2.75) is 19.6 Å². The third kappa shape index (κ3) is 4.03. The highest BCUT2D eigenvalue weighted by Crippen LogP contribution is 2.28. The Morgan fingerprint density at radius 3 is 1.88 bits per heavy atom. The van der Waals surface area contributed by atoms with Gasteiger partial charge in [0, 0.05) is 23.9 Å². The maximum absolute atomic E-state index is 12.0. The number of halogens is 2. The molecule has 0 aliphatic carbocycles. The van der Waals surface area contributed by atoms with Crippen molar-refractivity contribution in [1.82, 2.24) is 0 Å². The van der Waals surface area contributed by atoms with Crippen LogP contribution in [0.3, 0.4) is 0 Å². The van der Waals surface area contributed by atoms with E-state index in [2.05, 4.69) is 0 Å². The minimum absolute atomic E-state index is 0.141. The molecule has 1 fully saturated rings. The molecule has 1 saturated heterocycles. The van der Waals surface area contributed by atoms with E-state index in [0.29, 0.717) is 15.6 Å². The second-order valence-electron chi connectivity index (χ2n) is 6.02. The molecule has 0 aromatic heterocycles. The van der Waals surface area contributed by atoms with E-state index in [1.807, 2.05) is 12.1 Å². The van der Waals surface area contributed by atoms with Gasteiger partial charge >= 0.3 is 11.9 Å². The number of ether oxygens (including phenoxy) is 2. The largest absolute Gasteiger partial charge is 0.419 e. The summed E-state index contributed by atoms with van der Waals surface area (Å²) in [7, 11) is 0. The third-order valence-electron chi connectivity index (χ3n) is 3.53. The van der Waals surface area contributed by atoms with Gasteiger partial charge < -0.3 is 9.47 Å². The van der Waals surface area contributed by atoms with E-state index in [9.17, 15) is 9.59 Å². The highest BCUT2D eigenvalue weighted by molar-refractivity contribution is 6.35. The summed E-state index contributed by atoms with van der Waals surface area (Å²) in [6.07, 6.45) is 1.44. The highest BCUT2D eigenvalue weighted by atomic mass is 35.5. The fraction of sp³-hybridized carbons (Fsp3) is 0.158. The first-order valence-corrected chi connectivity index (χ1v) is 8.24. The Morgan fingerprint density at radius 1 is 0.840 bits per heavy atom. The molecule has 3 rings (SSSR count). The summed E-state index contributed by atoms with van der Waals surface area (Å²) >= 11 is 12.0. The van der Waals surface area contributed by atoms with Gasteiger partial charge in [0.2, 0.25) is 0 Å². The van der Waals surface area contributed by atoms with Gasteiger partial charge in [-0.3, -0.25) is 0 Å². The Labute approximate surface area is 155 Å². The molecule has 1 aliphatic rings. The van der Waals surface area contributed by atoms with Crippen LogP contribution in [0, 0.1) is 0 Å². The molecule has 1 aliphatic heterocycles. The zero-order valence-corrected chi connectivity index (χ0v) is 15.0. The van der Waals surface area contributed by atoms with Gasteiger partial charge in [0.15, 0.2) is 0 Å². The lowest BCUT2D eigenvalue weighted by Gasteiger charge is -2.29. The molecule has 0 N–H and O–H groups in total. The monoisotopic (exact) mass is 376 g/mol. The lowest BCUT2D eigenvalue weighted by Crippen LogP contribution is -2.41. The van der Waals surface area contributed by atoms with Crippen molar-refractivity contribution in [3.05, 3.63) is 63.6 Å². The Kier molecular flexibility index (Phi) is 4.58. The molecule has 128 valence electrons. The zero-order chi connectivity index (χ0) is 18.2. The number of carbonyl (C=O) groups is 2. The molecule has 0 saturated carbocycles. The van der Waals surface area contributed by atoms with Crippen molar-refractivity contribution in [3.8, 4) is 11.1 Å². The minimum atomic E-state index is -1.25. The molecule has 0 unspecified atom stereocenters. The van der Waals surface area contributed by atoms with Crippen LogP contribution >= 0.6 is 23.2 Å². The van der Waals surface area contributed by atoms with Crippen molar-refractivity contribution in [3.63, 3.8) is 0 Å². The molecule has 0 atom stereocenters. The summed E-state index contributed by atoms with van der Waals surface area (Å²) in [5.74, 6) is -2.65. The van der Waals surface area contributed by atoms with Crippen LogP contribution in [0.4, 0.5) is 0 Å². The highest BCUT2D eigenvalue weighted by Gasteiger charge is 2.38. The summed E-state index contributed by atoms with van der Waals surface area (Å²) in [5.41, 5.74) is 2.30. The van der Waals surface area contributed by atoms with Crippen molar-refractivity contribution in [1.29, 1.82) is 0 Å². The fourth-order valence-corrected chi connectivity index (χ4v) is 2.96. The zero-order valence-electron chi connectivity index (χ0n) is 13.5. The molecule has 25 heavy (non-hydrogen) atoms. The molecule has 0 bridgehead atoms. The average Bonchev–Trinajstić information content (AvgIpc) is 2.49. The van der Waals surface area contributed by atoms with Gasteiger partial charge in [-0.15, -0.1) is 0 Å². The number of hydrogen-bond donors (Lipinski definition) is 0. The van der Waals surface area contributed by atoms with E-state index in [1.54, 1.807) is 30.3 Å². The van der Waals surface area contributed by atoms with Crippen molar-refractivity contribution in [2.75, 3.05) is 0 Å². The van der Waals surface area contributed by atoms with Crippen molar-refractivity contribution in [2.24, 2.45) is 0 Å². The smallest absolute Gasteiger partial charge is 0.348 e. The summed E-state index contributed by atoms with van der Waals surface area (Å²) in [6.45, 7) is 3.01. The summed E-state index contributed by atoms with van der Waals surface area (Å²) in [6, 6.07) is 12.5. The van der Waals surface area contributed by atoms with Gasteiger partial charge in [-0.1, -0.05) is 47.5 Å². The Bertz CT molecular complexity index is 841. The predicted molar refractivity (Wildman–Crippen MR) is 96.1 cm³/mol. The van der Waals surface area contributed by atoms with E-state index in [-0.39, 0.29) is 5.57 Å². The van der Waals surface area contributed by atoms with Crippen LogP contribution in [-0.2, 0) is 19.1 Å². The third-order valence-corrected chi connectivity index (χ3v) is 3.97. The maximum atomic E-state index is 12.0. The first kappa shape index (κ1) is 17.5. The van der Waals surface area contributed by atoms with Crippen molar-refractivity contribution < 1.29 is 19.1 Å². The number of hydrogen-bond acceptors (Lipinski definition) is 4. The molecule has 0 radical (unpaired) electrons. The molecule has 0 amide bonds. The van der Waals surface area contributed by atoms with E-state index >= 15 is 0 Å². The summed E-state index contributed by atoms with van der Waals surface area (Å²) < 4.78 is 10.1. The van der Waals surface area contributed by atoms with E-state index in [4.69, 9.17) is 32.7 Å². The minimum Gasteiger partial charge on any atom is -0.419 e. The van der Waals surface area contributed by atoms with Gasteiger partial charge in [-0.2, -0.15) is 0 Å². The van der Waals surface area contributed by atoms with Gasteiger partial charge in [0.05, 0.1) is 0 Å². The molecule has 1 heterocycles. The number of benzene rings is 2. The number of rotatable bonds is 2. The van der Waals surface area contributed by atoms with Gasteiger partial charge in [-0.05, 0) is 41.0 Å². The molecular formula is C19H14Cl2O4. The normalized spacial score (nSPS) is 16.2. The average molecular weight is 377 g/mol. The topological polar surface area (TPSA) is 52.6 Å². The van der Waals surface area contributed by atoms with Crippen LogP contribution < -0.4 is 0 Å². The van der Waals surface area contributed by atoms with Crippen LogP contribution in [0.25, 0.3) is 17.2 Å². The van der Waals surface area contributed by atoms with Gasteiger partial charge in [-0.25, -0.2) is 9.59 Å². The van der Waals surface area contributed by atoms with E-state index in [0.717, 1.165) is 11.1 Å². The summed E-state index contributed by atoms with van der Waals surface area (Å²) in [5, 5.41) is 1.09. The molecule has 6 heteroatoms. The molecule has 2 aromatic rings. The van der Waals surface area contributed by atoms with Gasteiger partial charge in [0.1, 0.15) is 5.57 Å². The lowest BCUT2D eigenvalue weighted by atomic mass is 10.0. The Hall–Kier alpha value is -2.30. The van der Waals surface area contributed by atoms with Crippen LogP contribution in [0.1, 0.15) is 19.4 Å². The molecule has 2 aromatic carbocycles. The lowest BCUT2D eigenvalue weighted by molar-refractivity contribution is -0.222. The second kappa shape index (κ2) is 6.54. The number of carbonyl (C=O) groups excluding carboxylic acids is 2. The Balaban J connectivity index is 1.88. The first-order chi connectivity index (χ1) is 11.7. The molecule has 0 spiro atoms. The van der Waals surface area contributed by atoms with Crippen LogP contribution in [0.5, 0.6) is 0 Å². The van der Waals surface area contributed by atoms with E-state index < -0.39 is 17.7 Å². The number of cyclic esters (lactones) is 2. The fourth-order valence-electron chi connectivity index (χ4n) is 2.44. The molecular weight excluding hydrogens is 363 g/mol. The quantitative estimate of drug-likeness (QED) is 0.425. The second-order valence-corrected chi connectivity index (χ2v) is 6.89. The molecule has 4 nitrogen and oxygen atoms in total. The Morgan fingerprint density at radius 2 is 1.36 bits per heavy atom. The van der Waals surface area contributed by atoms with Crippen molar-refractivity contribution >= 4 is 41.2 Å². The SMILES string of the molecule is CC1(C)OC(=O)C(=Cc2ccc(-c3cc(Cl)cc(Cl)c3)cc2)C(=O)O1. The standard InChI is InChI=1S/C19H14Cl2O4/c1-19(2)24-17(22)16(18(23)25-19)7-11-3-5-12(6-4-11)13-8-14(20)10-15(21)9-13/h3-10H,1-2H3. The van der Waals surface area contributed by atoms with Crippen LogP contribution in [0.2, 0.25) is 10.0 Å². The predicted octanol–water partition coefficient (Wildman–Crippen LogP) is 4.88.